The van der Waals surface area contributed by atoms with Gasteiger partial charge in [-0.05, 0) is 55.9 Å². The predicted molar refractivity (Wildman–Crippen MR) is 136 cm³/mol. The zero-order valence-corrected chi connectivity index (χ0v) is 19.9. The second-order valence-electron chi connectivity index (χ2n) is 8.51. The minimum absolute atomic E-state index is 0.196. The van der Waals surface area contributed by atoms with Gasteiger partial charge in [0, 0.05) is 24.0 Å². The Morgan fingerprint density at radius 1 is 0.971 bits per heavy atom. The van der Waals surface area contributed by atoms with Crippen molar-refractivity contribution in [3.05, 3.63) is 102 Å². The highest BCUT2D eigenvalue weighted by Gasteiger charge is 2.19. The van der Waals surface area contributed by atoms with Crippen molar-refractivity contribution in [2.24, 2.45) is 0 Å². The molecule has 174 valence electrons. The Bertz CT molecular complexity index is 1230. The van der Waals surface area contributed by atoms with Crippen LogP contribution < -0.4 is 10.1 Å². The number of hydrogen-bond acceptors (Lipinski definition) is 4. The van der Waals surface area contributed by atoms with Crippen molar-refractivity contribution in [2.45, 2.75) is 13.0 Å². The summed E-state index contributed by atoms with van der Waals surface area (Å²) < 4.78 is 7.19. The number of ether oxygens (including phenoxy) is 1. The third-order valence-electron chi connectivity index (χ3n) is 5.60. The van der Waals surface area contributed by atoms with Crippen LogP contribution in [0.4, 0.5) is 5.69 Å². The molecule has 6 nitrogen and oxygen atoms in total. The Morgan fingerprint density at radius 2 is 1.74 bits per heavy atom. The maximum absolute atomic E-state index is 13.3. The van der Waals surface area contributed by atoms with Gasteiger partial charge in [0.2, 0.25) is 0 Å². The summed E-state index contributed by atoms with van der Waals surface area (Å²) in [6.45, 7) is 1.56. The number of carbonyl (C=O) groups excluding carboxylic acids is 1. The van der Waals surface area contributed by atoms with Gasteiger partial charge in [0.25, 0.3) is 5.91 Å². The summed E-state index contributed by atoms with van der Waals surface area (Å²) in [4.78, 5) is 15.5. The predicted octanol–water partition coefficient (Wildman–Crippen LogP) is 4.96. The van der Waals surface area contributed by atoms with E-state index in [-0.39, 0.29) is 5.91 Å². The molecule has 6 heteroatoms. The number of aromatic nitrogens is 2. The van der Waals surface area contributed by atoms with E-state index in [2.05, 4.69) is 36.4 Å². The van der Waals surface area contributed by atoms with E-state index in [4.69, 9.17) is 9.84 Å². The first-order valence-corrected chi connectivity index (χ1v) is 11.3. The van der Waals surface area contributed by atoms with E-state index < -0.39 is 0 Å². The van der Waals surface area contributed by atoms with Crippen LogP contribution in [-0.2, 0) is 13.0 Å². The van der Waals surface area contributed by atoms with E-state index in [1.54, 1.807) is 7.11 Å². The van der Waals surface area contributed by atoms with Crippen LogP contribution in [0.25, 0.3) is 11.3 Å². The van der Waals surface area contributed by atoms with Crippen molar-refractivity contribution in [1.82, 2.24) is 14.7 Å². The lowest BCUT2D eigenvalue weighted by atomic mass is 10.1. The maximum Gasteiger partial charge on any atom is 0.259 e. The Balaban J connectivity index is 1.60. The number of nitrogens with zero attached hydrogens (tertiary/aromatic N) is 3. The molecule has 0 unspecified atom stereocenters. The lowest BCUT2D eigenvalue weighted by Crippen LogP contribution is -2.15. The third kappa shape index (κ3) is 5.91. The Kier molecular flexibility index (Phi) is 7.40. The van der Waals surface area contributed by atoms with E-state index in [1.165, 1.54) is 5.56 Å². The van der Waals surface area contributed by atoms with Crippen molar-refractivity contribution in [1.29, 1.82) is 0 Å². The molecule has 4 aromatic rings. The number of carbonyl (C=O) groups is 1. The molecule has 0 saturated heterocycles. The topological polar surface area (TPSA) is 59.4 Å². The summed E-state index contributed by atoms with van der Waals surface area (Å²) in [6, 6.07) is 25.7. The third-order valence-corrected chi connectivity index (χ3v) is 5.60. The fourth-order valence-corrected chi connectivity index (χ4v) is 3.73. The van der Waals surface area contributed by atoms with Crippen molar-refractivity contribution in [2.75, 3.05) is 33.1 Å². The molecule has 0 radical (unpaired) electrons. The zero-order valence-electron chi connectivity index (χ0n) is 19.9. The number of benzene rings is 3. The van der Waals surface area contributed by atoms with Gasteiger partial charge in [-0.2, -0.15) is 5.10 Å². The molecule has 34 heavy (non-hydrogen) atoms. The number of nitrogens with one attached hydrogen (secondary N) is 1. The van der Waals surface area contributed by atoms with Crippen molar-refractivity contribution in [3.8, 4) is 17.0 Å². The van der Waals surface area contributed by atoms with Crippen molar-refractivity contribution < 1.29 is 9.53 Å². The summed E-state index contributed by atoms with van der Waals surface area (Å²) in [6.07, 6.45) is 2.77. The largest absolute Gasteiger partial charge is 0.497 e. The number of anilines is 1. The highest BCUT2D eigenvalue weighted by Crippen LogP contribution is 2.27. The second kappa shape index (κ2) is 10.8. The quantitative estimate of drug-likeness (QED) is 0.388. The molecule has 1 amide bonds. The second-order valence-corrected chi connectivity index (χ2v) is 8.51. The first-order chi connectivity index (χ1) is 16.5. The van der Waals surface area contributed by atoms with Gasteiger partial charge in [-0.25, -0.2) is 0 Å². The Labute approximate surface area is 200 Å². The van der Waals surface area contributed by atoms with Crippen LogP contribution in [0.2, 0.25) is 0 Å². The fraction of sp³-hybridized carbons (Fsp3) is 0.214. The molecule has 1 heterocycles. The molecule has 0 bridgehead atoms. The average molecular weight is 455 g/mol. The first-order valence-electron chi connectivity index (χ1n) is 11.3. The summed E-state index contributed by atoms with van der Waals surface area (Å²) in [5.41, 5.74) is 5.07. The highest BCUT2D eigenvalue weighted by atomic mass is 16.5. The number of amides is 1. The number of methoxy groups -OCH3 is 1. The molecular formula is C28H30N4O2. The van der Waals surface area contributed by atoms with E-state index >= 15 is 0 Å². The van der Waals surface area contributed by atoms with Gasteiger partial charge in [-0.1, -0.05) is 54.6 Å². The van der Waals surface area contributed by atoms with Crippen LogP contribution in [0.1, 0.15) is 21.5 Å². The molecule has 0 spiro atoms. The number of hydrogen-bond donors (Lipinski definition) is 1. The monoisotopic (exact) mass is 454 g/mol. The molecule has 0 aliphatic rings. The molecular weight excluding hydrogens is 424 g/mol. The minimum atomic E-state index is -0.196. The smallest absolute Gasteiger partial charge is 0.259 e. The molecule has 0 atom stereocenters. The molecule has 0 fully saturated rings. The Hall–Kier alpha value is -3.90. The highest BCUT2D eigenvalue weighted by molar-refractivity contribution is 6.08. The van der Waals surface area contributed by atoms with E-state index in [1.807, 2.05) is 77.6 Å². The standard InChI is InChI=1S/C28H30N4O2/c1-31(2)17-16-21-12-14-24(15-13-21)29-28(33)26-20-32(19-22-8-5-4-6-9-22)30-27(26)23-10-7-11-25(18-23)34-3/h4-15,18,20H,16-17,19H2,1-3H3,(H,29,33). The van der Waals surface area contributed by atoms with Crippen LogP contribution in [0.5, 0.6) is 5.75 Å². The molecule has 1 aromatic heterocycles. The summed E-state index contributed by atoms with van der Waals surface area (Å²) in [7, 11) is 5.75. The fourth-order valence-electron chi connectivity index (χ4n) is 3.73. The van der Waals surface area contributed by atoms with Crippen LogP contribution in [-0.4, -0.2) is 48.3 Å². The molecule has 3 aromatic carbocycles. The van der Waals surface area contributed by atoms with Gasteiger partial charge in [0.15, 0.2) is 0 Å². The van der Waals surface area contributed by atoms with Gasteiger partial charge < -0.3 is 15.0 Å². The summed E-state index contributed by atoms with van der Waals surface area (Å²) in [5.74, 6) is 0.521. The van der Waals surface area contributed by atoms with E-state index in [0.29, 0.717) is 17.8 Å². The van der Waals surface area contributed by atoms with Crippen LogP contribution in [0.3, 0.4) is 0 Å². The molecule has 0 aliphatic carbocycles. The SMILES string of the molecule is COc1cccc(-c2nn(Cc3ccccc3)cc2C(=O)Nc2ccc(CCN(C)C)cc2)c1. The zero-order chi connectivity index (χ0) is 23.9. The average Bonchev–Trinajstić information content (AvgIpc) is 3.28. The summed E-state index contributed by atoms with van der Waals surface area (Å²) in [5, 5.41) is 7.80. The molecule has 1 N–H and O–H groups in total. The summed E-state index contributed by atoms with van der Waals surface area (Å²) >= 11 is 0. The van der Waals surface area contributed by atoms with E-state index in [9.17, 15) is 4.79 Å². The minimum Gasteiger partial charge on any atom is -0.497 e. The van der Waals surface area contributed by atoms with Gasteiger partial charge in [0.05, 0.1) is 19.2 Å². The molecule has 4 rings (SSSR count). The van der Waals surface area contributed by atoms with Gasteiger partial charge in [-0.3, -0.25) is 9.48 Å². The first kappa shape index (κ1) is 23.3. The number of rotatable bonds is 9. The Morgan fingerprint density at radius 3 is 2.44 bits per heavy atom. The van der Waals surface area contributed by atoms with Gasteiger partial charge in [0.1, 0.15) is 11.4 Å². The molecule has 0 aliphatic heterocycles. The van der Waals surface area contributed by atoms with Crippen molar-refractivity contribution in [3.63, 3.8) is 0 Å². The maximum atomic E-state index is 13.3. The normalized spacial score (nSPS) is 10.9. The van der Waals surface area contributed by atoms with Gasteiger partial charge >= 0.3 is 0 Å². The lowest BCUT2D eigenvalue weighted by molar-refractivity contribution is 0.102. The molecule has 0 saturated carbocycles. The van der Waals surface area contributed by atoms with Crippen molar-refractivity contribution >= 4 is 11.6 Å². The number of likely N-dealkylation sites (N-methyl/N-ethyl adjacent to an activating group) is 1. The van der Waals surface area contributed by atoms with Crippen LogP contribution in [0.15, 0.2) is 85.1 Å². The van der Waals surface area contributed by atoms with Gasteiger partial charge in [-0.15, -0.1) is 0 Å². The lowest BCUT2D eigenvalue weighted by Gasteiger charge is -2.10. The van der Waals surface area contributed by atoms with Crippen LogP contribution >= 0.6 is 0 Å². The van der Waals surface area contributed by atoms with E-state index in [0.717, 1.165) is 35.5 Å². The van der Waals surface area contributed by atoms with Crippen LogP contribution in [0, 0.1) is 0 Å².